The second-order valence-corrected chi connectivity index (χ2v) is 10.3. The number of aryl methyl sites for hydroxylation is 1. The highest BCUT2D eigenvalue weighted by molar-refractivity contribution is 7.90. The molecule has 1 atom stereocenters. The molecule has 9 heteroatoms. The third-order valence-electron chi connectivity index (χ3n) is 5.49. The van der Waals surface area contributed by atoms with Gasteiger partial charge in [0.25, 0.3) is 0 Å². The number of benzene rings is 1. The molecule has 2 aromatic rings. The van der Waals surface area contributed by atoms with E-state index >= 15 is 0 Å². The Hall–Kier alpha value is -2.03. The first-order valence-electron chi connectivity index (χ1n) is 9.90. The highest BCUT2D eigenvalue weighted by atomic mass is 35.5. The molecule has 1 heterocycles. The largest absolute Gasteiger partial charge is 0.393 e. The van der Waals surface area contributed by atoms with E-state index in [0.29, 0.717) is 17.8 Å². The summed E-state index contributed by atoms with van der Waals surface area (Å²) in [6.45, 7) is 1.81. The van der Waals surface area contributed by atoms with Crippen LogP contribution in [0.4, 0.5) is 5.82 Å². The molecule has 30 heavy (non-hydrogen) atoms. The summed E-state index contributed by atoms with van der Waals surface area (Å²) in [5.41, 5.74) is 1.39. The van der Waals surface area contributed by atoms with Crippen molar-refractivity contribution in [2.75, 3.05) is 11.6 Å². The van der Waals surface area contributed by atoms with Crippen LogP contribution in [0.5, 0.6) is 0 Å². The predicted octanol–water partition coefficient (Wildman–Crippen LogP) is 3.51. The number of hydrogen-bond donors (Lipinski definition) is 2. The molecular weight excluding hydrogens is 426 g/mol. The molecule has 1 saturated carbocycles. The summed E-state index contributed by atoms with van der Waals surface area (Å²) in [6, 6.07) is 4.65. The van der Waals surface area contributed by atoms with Crippen LogP contribution in [0.3, 0.4) is 0 Å². The van der Waals surface area contributed by atoms with Crippen LogP contribution in [0.25, 0.3) is 0 Å². The van der Waals surface area contributed by atoms with Crippen LogP contribution >= 0.6 is 11.6 Å². The normalized spacial score (nSPS) is 20.5. The summed E-state index contributed by atoms with van der Waals surface area (Å²) in [6.07, 6.45) is 7.58. The van der Waals surface area contributed by atoms with E-state index in [-0.39, 0.29) is 27.8 Å². The summed E-state index contributed by atoms with van der Waals surface area (Å²) < 4.78 is 23.8. The Morgan fingerprint density at radius 2 is 1.93 bits per heavy atom. The van der Waals surface area contributed by atoms with E-state index in [1.54, 1.807) is 18.3 Å². The number of aliphatic hydroxyl groups excluding tert-OH is 1. The summed E-state index contributed by atoms with van der Waals surface area (Å²) >= 11 is 6.24. The lowest BCUT2D eigenvalue weighted by Crippen LogP contribution is -2.26. The van der Waals surface area contributed by atoms with Crippen LogP contribution in [-0.2, 0) is 14.6 Å². The van der Waals surface area contributed by atoms with Crippen molar-refractivity contribution >= 4 is 33.2 Å². The first kappa shape index (κ1) is 22.7. The number of carbonyl (C=O) groups is 1. The average molecular weight is 452 g/mol. The number of sulfone groups is 1. The number of rotatable bonds is 6. The van der Waals surface area contributed by atoms with Crippen molar-refractivity contribution in [1.29, 1.82) is 0 Å². The summed E-state index contributed by atoms with van der Waals surface area (Å²) in [5.74, 6) is -0.142. The van der Waals surface area contributed by atoms with Crippen molar-refractivity contribution in [2.45, 2.75) is 55.9 Å². The maximum Gasteiger partial charge on any atom is 0.233 e. The summed E-state index contributed by atoms with van der Waals surface area (Å²) in [7, 11) is -3.46. The summed E-state index contributed by atoms with van der Waals surface area (Å²) in [5, 5.41) is 12.7. The fraction of sp³-hybridized carbons (Fsp3) is 0.476. The van der Waals surface area contributed by atoms with E-state index in [4.69, 9.17) is 11.6 Å². The Balaban J connectivity index is 1.87. The van der Waals surface area contributed by atoms with Gasteiger partial charge in [-0.1, -0.05) is 17.7 Å². The zero-order valence-corrected chi connectivity index (χ0v) is 18.6. The second kappa shape index (κ2) is 9.41. The summed E-state index contributed by atoms with van der Waals surface area (Å²) in [4.78, 5) is 21.5. The van der Waals surface area contributed by atoms with Crippen LogP contribution < -0.4 is 5.32 Å². The van der Waals surface area contributed by atoms with Crippen molar-refractivity contribution in [1.82, 2.24) is 9.97 Å². The molecule has 1 aliphatic rings. The average Bonchev–Trinajstić information content (AvgIpc) is 2.68. The van der Waals surface area contributed by atoms with Gasteiger partial charge in [0.15, 0.2) is 15.7 Å². The molecule has 0 bridgehead atoms. The Morgan fingerprint density at radius 3 is 2.50 bits per heavy atom. The highest BCUT2D eigenvalue weighted by Crippen LogP contribution is 2.35. The Kier molecular flexibility index (Phi) is 7.10. The van der Waals surface area contributed by atoms with Crippen molar-refractivity contribution < 1.29 is 18.3 Å². The van der Waals surface area contributed by atoms with Gasteiger partial charge < -0.3 is 10.4 Å². The number of amides is 1. The standard InChI is InChI=1S/C21H26ClN3O4S/c1-13-11-24-20(12-23-13)25-21(27)17(9-14-3-6-16(26)7-4-14)15-5-8-19(18(22)10-15)30(2,28)29/h5,8,10-12,14,16-17,26H,3-4,6-7,9H2,1-2H3,(H,24,25,27)/t14?,16?,17-/m1/s1. The van der Waals surface area contributed by atoms with Gasteiger partial charge in [0.1, 0.15) is 0 Å². The zero-order chi connectivity index (χ0) is 21.9. The second-order valence-electron chi connectivity index (χ2n) is 7.96. The number of nitrogens with one attached hydrogen (secondary N) is 1. The van der Waals surface area contributed by atoms with Crippen LogP contribution in [0.1, 0.15) is 49.3 Å². The Morgan fingerprint density at radius 1 is 1.23 bits per heavy atom. The van der Waals surface area contributed by atoms with E-state index in [9.17, 15) is 18.3 Å². The molecule has 0 aliphatic heterocycles. The molecule has 162 valence electrons. The Bertz CT molecular complexity index is 1000. The third-order valence-corrected chi connectivity index (χ3v) is 7.07. The van der Waals surface area contributed by atoms with E-state index in [1.807, 2.05) is 6.92 Å². The van der Waals surface area contributed by atoms with Gasteiger partial charge in [0.05, 0.1) is 40.0 Å². The number of hydrogen-bond acceptors (Lipinski definition) is 6. The van der Waals surface area contributed by atoms with E-state index in [1.165, 1.54) is 12.3 Å². The van der Waals surface area contributed by atoms with Crippen LogP contribution in [0.2, 0.25) is 5.02 Å². The van der Waals surface area contributed by atoms with Crippen molar-refractivity contribution in [3.05, 3.63) is 46.9 Å². The smallest absolute Gasteiger partial charge is 0.233 e. The number of anilines is 1. The minimum atomic E-state index is -3.46. The lowest BCUT2D eigenvalue weighted by molar-refractivity contribution is -0.118. The zero-order valence-electron chi connectivity index (χ0n) is 17.0. The van der Waals surface area contributed by atoms with Crippen LogP contribution in [-0.4, -0.2) is 41.8 Å². The number of aliphatic hydroxyl groups is 1. The van der Waals surface area contributed by atoms with Gasteiger partial charge in [0, 0.05) is 6.26 Å². The van der Waals surface area contributed by atoms with Gasteiger partial charge in [-0.05, 0) is 62.6 Å². The first-order valence-corrected chi connectivity index (χ1v) is 12.2. The van der Waals surface area contributed by atoms with Gasteiger partial charge in [-0.2, -0.15) is 0 Å². The Labute approximate surface area is 181 Å². The molecule has 1 aliphatic carbocycles. The molecule has 7 nitrogen and oxygen atoms in total. The van der Waals surface area contributed by atoms with Gasteiger partial charge in [0.2, 0.25) is 5.91 Å². The molecule has 1 fully saturated rings. The lowest BCUT2D eigenvalue weighted by Gasteiger charge is -2.28. The molecule has 2 N–H and O–H groups in total. The number of halogens is 1. The molecule has 0 unspecified atom stereocenters. The fourth-order valence-electron chi connectivity index (χ4n) is 3.81. The predicted molar refractivity (Wildman–Crippen MR) is 115 cm³/mol. The molecule has 3 rings (SSSR count). The maximum absolute atomic E-state index is 13.1. The van der Waals surface area contributed by atoms with E-state index < -0.39 is 15.8 Å². The van der Waals surface area contributed by atoms with Crippen LogP contribution in [0, 0.1) is 12.8 Å². The molecule has 0 radical (unpaired) electrons. The molecule has 0 spiro atoms. The van der Waals surface area contributed by atoms with Crippen molar-refractivity contribution in [3.8, 4) is 0 Å². The van der Waals surface area contributed by atoms with Crippen LogP contribution in [0.15, 0.2) is 35.5 Å². The maximum atomic E-state index is 13.1. The van der Waals surface area contributed by atoms with Crippen molar-refractivity contribution in [2.24, 2.45) is 5.92 Å². The minimum absolute atomic E-state index is 0.0391. The number of carbonyl (C=O) groups excluding carboxylic acids is 1. The van der Waals surface area contributed by atoms with Gasteiger partial charge in [-0.3, -0.25) is 9.78 Å². The molecule has 0 saturated heterocycles. The number of nitrogens with zero attached hydrogens (tertiary/aromatic N) is 2. The quantitative estimate of drug-likeness (QED) is 0.695. The fourth-order valence-corrected chi connectivity index (χ4v) is 5.15. The van der Waals surface area contributed by atoms with Gasteiger partial charge in [-0.15, -0.1) is 0 Å². The lowest BCUT2D eigenvalue weighted by atomic mass is 9.79. The third kappa shape index (κ3) is 5.77. The highest BCUT2D eigenvalue weighted by Gasteiger charge is 2.29. The van der Waals surface area contributed by atoms with Gasteiger partial charge in [-0.25, -0.2) is 13.4 Å². The monoisotopic (exact) mass is 451 g/mol. The SMILES string of the molecule is Cc1cnc(NC(=O)[C@H](CC2CCC(O)CC2)c2ccc(S(C)(=O)=O)c(Cl)c2)cn1. The topological polar surface area (TPSA) is 109 Å². The van der Waals surface area contributed by atoms with Crippen molar-refractivity contribution in [3.63, 3.8) is 0 Å². The number of aromatic nitrogens is 2. The first-order chi connectivity index (χ1) is 14.1. The van der Waals surface area contributed by atoms with Gasteiger partial charge >= 0.3 is 0 Å². The van der Waals surface area contributed by atoms with E-state index in [2.05, 4.69) is 15.3 Å². The minimum Gasteiger partial charge on any atom is -0.393 e. The molecular formula is C21H26ClN3O4S. The molecule has 1 amide bonds. The molecule has 1 aromatic carbocycles. The van der Waals surface area contributed by atoms with E-state index in [0.717, 1.165) is 37.6 Å². The molecule has 1 aromatic heterocycles.